The van der Waals surface area contributed by atoms with E-state index in [1.807, 2.05) is 0 Å². The molecule has 0 aliphatic carbocycles. The molecule has 0 bridgehead atoms. The molecule has 0 N–H and O–H groups in total. The van der Waals surface area contributed by atoms with Crippen LogP contribution in [0.25, 0.3) is 11.6 Å². The Labute approximate surface area is 72.1 Å². The summed E-state index contributed by atoms with van der Waals surface area (Å²) in [6, 6.07) is 0. The Morgan fingerprint density at radius 3 is 1.58 bits per heavy atom. The number of nitrogens with zero attached hydrogens (tertiary/aromatic N) is 4. The molecule has 2 aromatic heterocycles. The van der Waals surface area contributed by atoms with Gasteiger partial charge in [0.15, 0.2) is 11.6 Å². The normalized spacial score (nSPS) is 10.3. The first-order valence-corrected chi connectivity index (χ1v) is 3.36. The van der Waals surface area contributed by atoms with Crippen molar-refractivity contribution in [2.75, 3.05) is 0 Å². The lowest BCUT2D eigenvalue weighted by Gasteiger charge is -2.01. The molecule has 6 heteroatoms. The summed E-state index contributed by atoms with van der Waals surface area (Å²) in [5.41, 5.74) is 0. The lowest BCUT2D eigenvalue weighted by atomic mass is 10.3. The van der Waals surface area contributed by atoms with Crippen LogP contribution in [0.2, 0.25) is 0 Å². The Balaban J connectivity index is 2.57. The predicted octanol–water partition coefficient (Wildman–Crippen LogP) is -0.390. The summed E-state index contributed by atoms with van der Waals surface area (Å²) in [4.78, 5) is 7.99. The first kappa shape index (κ1) is 7.21. The minimum absolute atomic E-state index is 0.544. The van der Waals surface area contributed by atoms with E-state index in [-0.39, 0.29) is 0 Å². The maximum Gasteiger partial charge on any atom is 0.236 e. The van der Waals surface area contributed by atoms with E-state index >= 15 is 0 Å². The van der Waals surface area contributed by atoms with Crippen molar-refractivity contribution in [3.8, 4) is 11.6 Å². The average Bonchev–Trinajstić information content (AvgIpc) is 2.59. The van der Waals surface area contributed by atoms with Crippen LogP contribution in [0.3, 0.4) is 0 Å². The Morgan fingerprint density at radius 2 is 1.33 bits per heavy atom. The summed E-state index contributed by atoms with van der Waals surface area (Å²) < 4.78 is 2.73. The van der Waals surface area contributed by atoms with E-state index in [0.29, 0.717) is 11.6 Å². The van der Waals surface area contributed by atoms with E-state index in [0.717, 1.165) is 0 Å². The van der Waals surface area contributed by atoms with Crippen molar-refractivity contribution in [2.24, 2.45) is 0 Å². The molecule has 0 spiro atoms. The Bertz CT molecular complexity index is 353. The maximum atomic E-state index is 5.55. The van der Waals surface area contributed by atoms with Crippen molar-refractivity contribution in [1.29, 1.82) is 0 Å². The zero-order chi connectivity index (χ0) is 8.55. The van der Waals surface area contributed by atoms with Crippen molar-refractivity contribution < 1.29 is 0 Å². The maximum absolute atomic E-state index is 5.55. The molecule has 0 aromatic carbocycles. The lowest BCUT2D eigenvalue weighted by Crippen LogP contribution is -2.01. The third-order valence-electron chi connectivity index (χ3n) is 1.54. The third-order valence-corrected chi connectivity index (χ3v) is 1.54. The highest BCUT2D eigenvalue weighted by Gasteiger charge is 2.05. The van der Waals surface area contributed by atoms with Gasteiger partial charge in [0.25, 0.3) is 0 Å². The quantitative estimate of drug-likeness (QED) is 0.524. The number of aromatic nitrogens is 4. The SMILES string of the molecule is [B]n1ccnc1-c1nccn1[B]. The van der Waals surface area contributed by atoms with Crippen molar-refractivity contribution >= 4 is 16.0 Å². The Morgan fingerprint density at radius 1 is 0.917 bits per heavy atom. The lowest BCUT2D eigenvalue weighted by molar-refractivity contribution is 1.11. The average molecular weight is 154 g/mol. The molecule has 2 rings (SSSR count). The van der Waals surface area contributed by atoms with Crippen LogP contribution in [0.5, 0.6) is 0 Å². The summed E-state index contributed by atoms with van der Waals surface area (Å²) >= 11 is 0. The van der Waals surface area contributed by atoms with E-state index < -0.39 is 0 Å². The second kappa shape index (κ2) is 2.55. The van der Waals surface area contributed by atoms with Crippen LogP contribution in [0.4, 0.5) is 0 Å². The molecule has 54 valence electrons. The van der Waals surface area contributed by atoms with Gasteiger partial charge in [-0.2, -0.15) is 0 Å². The van der Waals surface area contributed by atoms with Gasteiger partial charge in [-0.1, -0.05) is 0 Å². The van der Waals surface area contributed by atoms with E-state index in [2.05, 4.69) is 9.97 Å². The molecule has 0 atom stereocenters. The van der Waals surface area contributed by atoms with Gasteiger partial charge >= 0.3 is 0 Å². The minimum atomic E-state index is 0.544. The number of hydrogen-bond donors (Lipinski definition) is 0. The molecule has 4 radical (unpaired) electrons. The van der Waals surface area contributed by atoms with Crippen LogP contribution in [0, 0.1) is 0 Å². The van der Waals surface area contributed by atoms with Crippen molar-refractivity contribution in [1.82, 2.24) is 18.9 Å². The summed E-state index contributed by atoms with van der Waals surface area (Å²) in [7, 11) is 11.1. The summed E-state index contributed by atoms with van der Waals surface area (Å²) in [6.45, 7) is 0. The molecule has 0 amide bonds. The molecular formula is C6H4B2N4. The topological polar surface area (TPSA) is 35.6 Å². The molecular weight excluding hydrogens is 150 g/mol. The van der Waals surface area contributed by atoms with Crippen LogP contribution in [-0.2, 0) is 0 Å². The molecule has 2 heterocycles. The van der Waals surface area contributed by atoms with Crippen molar-refractivity contribution in [3.05, 3.63) is 24.8 Å². The highest BCUT2D eigenvalue weighted by atomic mass is 15.1. The van der Waals surface area contributed by atoms with E-state index in [4.69, 9.17) is 16.0 Å². The van der Waals surface area contributed by atoms with Gasteiger partial charge in [0, 0.05) is 24.8 Å². The summed E-state index contributed by atoms with van der Waals surface area (Å²) in [6.07, 6.45) is 6.43. The Hall–Kier alpha value is -1.45. The van der Waals surface area contributed by atoms with Gasteiger partial charge in [-0.15, -0.1) is 0 Å². The largest absolute Gasteiger partial charge is 0.385 e. The molecule has 0 aliphatic heterocycles. The molecule has 0 saturated heterocycles. The van der Waals surface area contributed by atoms with Crippen LogP contribution in [0.1, 0.15) is 0 Å². The molecule has 0 aliphatic rings. The van der Waals surface area contributed by atoms with Gasteiger partial charge in [0.2, 0.25) is 16.0 Å². The summed E-state index contributed by atoms with van der Waals surface area (Å²) in [5.74, 6) is 1.09. The molecule has 12 heavy (non-hydrogen) atoms. The van der Waals surface area contributed by atoms with Crippen molar-refractivity contribution in [3.63, 3.8) is 0 Å². The smallest absolute Gasteiger partial charge is 0.236 e. The van der Waals surface area contributed by atoms with Gasteiger partial charge in [0.1, 0.15) is 0 Å². The molecule has 2 aromatic rings. The van der Waals surface area contributed by atoms with Crippen LogP contribution in [0.15, 0.2) is 24.8 Å². The third kappa shape index (κ3) is 0.958. The minimum Gasteiger partial charge on any atom is -0.385 e. The monoisotopic (exact) mass is 154 g/mol. The molecule has 0 unspecified atom stereocenters. The van der Waals surface area contributed by atoms with Crippen LogP contribution >= 0.6 is 0 Å². The first-order valence-electron chi connectivity index (χ1n) is 3.36. The van der Waals surface area contributed by atoms with Gasteiger partial charge in [-0.25, -0.2) is 9.97 Å². The predicted molar refractivity (Wildman–Crippen MR) is 45.8 cm³/mol. The molecule has 0 saturated carbocycles. The molecule has 0 fully saturated rings. The first-order chi connectivity index (χ1) is 5.79. The van der Waals surface area contributed by atoms with Gasteiger partial charge in [-0.05, 0) is 0 Å². The van der Waals surface area contributed by atoms with Gasteiger partial charge in [-0.3, -0.25) is 0 Å². The van der Waals surface area contributed by atoms with E-state index in [1.165, 1.54) is 8.96 Å². The number of hydrogen-bond acceptors (Lipinski definition) is 2. The zero-order valence-corrected chi connectivity index (χ0v) is 6.25. The van der Waals surface area contributed by atoms with Crippen LogP contribution < -0.4 is 0 Å². The fraction of sp³-hybridized carbons (Fsp3) is 0. The molecule has 4 nitrogen and oxygen atoms in total. The number of imidazole rings is 2. The van der Waals surface area contributed by atoms with Crippen molar-refractivity contribution in [2.45, 2.75) is 0 Å². The second-order valence-corrected chi connectivity index (χ2v) is 2.32. The fourth-order valence-corrected chi connectivity index (χ4v) is 0.972. The van der Waals surface area contributed by atoms with E-state index in [1.54, 1.807) is 24.8 Å². The van der Waals surface area contributed by atoms with Gasteiger partial charge in [0.05, 0.1) is 0 Å². The fourth-order valence-electron chi connectivity index (χ4n) is 0.972. The number of rotatable bonds is 1. The summed E-state index contributed by atoms with van der Waals surface area (Å²) in [5, 5.41) is 0. The zero-order valence-electron chi connectivity index (χ0n) is 6.25. The highest BCUT2D eigenvalue weighted by Crippen LogP contribution is 2.11. The Kier molecular flexibility index (Phi) is 1.53. The van der Waals surface area contributed by atoms with Gasteiger partial charge < -0.3 is 8.96 Å². The van der Waals surface area contributed by atoms with Crippen LogP contribution in [-0.4, -0.2) is 34.9 Å². The standard InChI is InChI=1S/C6H4B2N4/c7-11-3-1-9-5(11)6-10-2-4-12(6)8/h1-4H. The van der Waals surface area contributed by atoms with E-state index in [9.17, 15) is 0 Å². The highest BCUT2D eigenvalue weighted by molar-refractivity contribution is 6.10. The second-order valence-electron chi connectivity index (χ2n) is 2.32.